The second-order valence-electron chi connectivity index (χ2n) is 9.19. The van der Waals surface area contributed by atoms with Crippen molar-refractivity contribution < 1.29 is 8.42 Å². The summed E-state index contributed by atoms with van der Waals surface area (Å²) in [7, 11) is -3.74. The molecule has 0 saturated carbocycles. The Labute approximate surface area is 199 Å². The van der Waals surface area contributed by atoms with Crippen LogP contribution in [0.25, 0.3) is 10.9 Å². The number of anilines is 1. The molecule has 1 N–H and O–H groups in total. The van der Waals surface area contributed by atoms with Gasteiger partial charge in [0.05, 0.1) is 16.1 Å². The molecule has 33 heavy (non-hydrogen) atoms. The highest BCUT2D eigenvalue weighted by Crippen LogP contribution is 2.31. The van der Waals surface area contributed by atoms with Gasteiger partial charge < -0.3 is 0 Å². The summed E-state index contributed by atoms with van der Waals surface area (Å²) in [6.07, 6.45) is 12.7. The number of nitrogens with one attached hydrogen (secondary N) is 1. The van der Waals surface area contributed by atoms with Crippen molar-refractivity contribution in [2.45, 2.75) is 89.4 Å². The fraction of sp³-hybridized carbons (Fsp3) is 0.464. The van der Waals surface area contributed by atoms with Crippen molar-refractivity contribution >= 4 is 26.6 Å². The predicted molar refractivity (Wildman–Crippen MR) is 139 cm³/mol. The number of unbranched alkanes of at least 4 members (excludes halogenated alkanes) is 7. The van der Waals surface area contributed by atoms with Crippen molar-refractivity contribution in [2.75, 3.05) is 4.72 Å². The Kier molecular flexibility index (Phi) is 9.30. The van der Waals surface area contributed by atoms with Gasteiger partial charge in [-0.15, -0.1) is 0 Å². The molecular weight excluding hydrogens is 428 g/mol. The van der Waals surface area contributed by atoms with E-state index in [2.05, 4.69) is 36.5 Å². The standard InChI is InChI=1S/C28H38N2O2S/c1-4-5-6-7-8-9-10-11-15-23-16-13-20-26(27(23)22(2)3)33(31,32)30-25-19-12-17-24-18-14-21-29-28(24)25/h12-14,16-22,30H,4-11,15H2,1-3H3. The smallest absolute Gasteiger partial charge is 0.262 e. The van der Waals surface area contributed by atoms with Gasteiger partial charge in [-0.1, -0.05) is 96.0 Å². The topological polar surface area (TPSA) is 59.1 Å². The summed E-state index contributed by atoms with van der Waals surface area (Å²) in [5.74, 6) is 0.118. The number of rotatable bonds is 13. The van der Waals surface area contributed by atoms with E-state index in [4.69, 9.17) is 0 Å². The van der Waals surface area contributed by atoms with Gasteiger partial charge in [0, 0.05) is 11.6 Å². The zero-order chi connectivity index (χ0) is 23.7. The van der Waals surface area contributed by atoms with Gasteiger partial charge in [-0.05, 0) is 48.1 Å². The van der Waals surface area contributed by atoms with Crippen LogP contribution in [0.5, 0.6) is 0 Å². The van der Waals surface area contributed by atoms with Crippen molar-refractivity contribution in [2.24, 2.45) is 0 Å². The maximum atomic E-state index is 13.5. The molecule has 0 aliphatic heterocycles. The molecule has 1 aromatic heterocycles. The van der Waals surface area contributed by atoms with Crippen LogP contribution in [0.3, 0.4) is 0 Å². The van der Waals surface area contributed by atoms with Crippen molar-refractivity contribution in [1.82, 2.24) is 4.98 Å². The molecule has 0 aliphatic rings. The van der Waals surface area contributed by atoms with Crippen molar-refractivity contribution in [1.29, 1.82) is 0 Å². The lowest BCUT2D eigenvalue weighted by molar-refractivity contribution is 0.574. The van der Waals surface area contributed by atoms with E-state index in [-0.39, 0.29) is 5.92 Å². The molecular formula is C28H38N2O2S. The minimum atomic E-state index is -3.74. The minimum Gasteiger partial charge on any atom is -0.277 e. The number of fused-ring (bicyclic) bond motifs is 1. The molecule has 4 nitrogen and oxygen atoms in total. The Morgan fingerprint density at radius 1 is 0.848 bits per heavy atom. The fourth-order valence-corrected chi connectivity index (χ4v) is 6.01. The predicted octanol–water partition coefficient (Wildman–Crippen LogP) is 7.84. The molecule has 0 amide bonds. The first kappa shape index (κ1) is 25.2. The van der Waals surface area contributed by atoms with E-state index in [1.807, 2.05) is 30.3 Å². The van der Waals surface area contributed by atoms with Gasteiger partial charge >= 0.3 is 0 Å². The molecule has 5 heteroatoms. The number of pyridine rings is 1. The molecule has 2 aromatic carbocycles. The Balaban J connectivity index is 1.75. The summed E-state index contributed by atoms with van der Waals surface area (Å²) >= 11 is 0. The van der Waals surface area contributed by atoms with E-state index in [9.17, 15) is 8.42 Å². The quantitative estimate of drug-likeness (QED) is 0.261. The summed E-state index contributed by atoms with van der Waals surface area (Å²) in [6, 6.07) is 15.0. The second-order valence-corrected chi connectivity index (χ2v) is 10.8. The first-order valence-electron chi connectivity index (χ1n) is 12.4. The largest absolute Gasteiger partial charge is 0.277 e. The van der Waals surface area contributed by atoms with Gasteiger partial charge in [-0.25, -0.2) is 8.42 Å². The number of aryl methyl sites for hydroxylation is 1. The van der Waals surface area contributed by atoms with Gasteiger partial charge in [0.1, 0.15) is 0 Å². The summed E-state index contributed by atoms with van der Waals surface area (Å²) in [5.41, 5.74) is 3.25. The molecule has 0 unspecified atom stereocenters. The number of hydrogen-bond acceptors (Lipinski definition) is 3. The van der Waals surface area contributed by atoms with E-state index < -0.39 is 10.0 Å². The molecule has 0 bridgehead atoms. The van der Waals surface area contributed by atoms with Crippen LogP contribution < -0.4 is 4.72 Å². The van der Waals surface area contributed by atoms with Crippen LogP contribution in [0.1, 0.15) is 89.2 Å². The first-order valence-corrected chi connectivity index (χ1v) is 13.9. The monoisotopic (exact) mass is 466 g/mol. The highest BCUT2D eigenvalue weighted by molar-refractivity contribution is 7.92. The molecule has 0 atom stereocenters. The molecule has 0 saturated heterocycles. The van der Waals surface area contributed by atoms with Crippen molar-refractivity contribution in [3.05, 3.63) is 65.9 Å². The zero-order valence-electron chi connectivity index (χ0n) is 20.3. The van der Waals surface area contributed by atoms with Gasteiger partial charge in [0.2, 0.25) is 0 Å². The summed E-state index contributed by atoms with van der Waals surface area (Å²) in [5, 5.41) is 0.908. The third-order valence-corrected chi connectivity index (χ3v) is 7.62. The molecule has 3 aromatic rings. The molecule has 1 heterocycles. The third kappa shape index (κ3) is 6.80. The van der Waals surface area contributed by atoms with Crippen LogP contribution in [0.4, 0.5) is 5.69 Å². The van der Waals surface area contributed by atoms with Crippen molar-refractivity contribution in [3.8, 4) is 0 Å². The number of para-hydroxylation sites is 1. The average molecular weight is 467 g/mol. The van der Waals surface area contributed by atoms with E-state index in [1.165, 1.54) is 44.9 Å². The van der Waals surface area contributed by atoms with Gasteiger partial charge in [-0.3, -0.25) is 9.71 Å². The Morgan fingerprint density at radius 2 is 1.52 bits per heavy atom. The molecule has 178 valence electrons. The summed E-state index contributed by atoms with van der Waals surface area (Å²) in [4.78, 5) is 4.77. The lowest BCUT2D eigenvalue weighted by atomic mass is 9.93. The summed E-state index contributed by atoms with van der Waals surface area (Å²) in [6.45, 7) is 6.39. The Morgan fingerprint density at radius 3 is 2.24 bits per heavy atom. The molecule has 0 fully saturated rings. The molecule has 3 rings (SSSR count). The van der Waals surface area contributed by atoms with Crippen LogP contribution in [0.15, 0.2) is 59.6 Å². The van der Waals surface area contributed by atoms with E-state index >= 15 is 0 Å². The molecule has 0 radical (unpaired) electrons. The van der Waals surface area contributed by atoms with Gasteiger partial charge in [-0.2, -0.15) is 0 Å². The van der Waals surface area contributed by atoms with E-state index in [0.717, 1.165) is 29.4 Å². The van der Waals surface area contributed by atoms with Crippen molar-refractivity contribution in [3.63, 3.8) is 0 Å². The van der Waals surface area contributed by atoms with Crippen LogP contribution in [-0.4, -0.2) is 13.4 Å². The van der Waals surface area contributed by atoms with Crippen LogP contribution in [0.2, 0.25) is 0 Å². The Bertz CT molecular complexity index is 1130. The zero-order valence-corrected chi connectivity index (χ0v) is 21.1. The maximum Gasteiger partial charge on any atom is 0.262 e. The maximum absolute atomic E-state index is 13.5. The number of benzene rings is 2. The fourth-order valence-electron chi connectivity index (χ4n) is 4.53. The summed E-state index contributed by atoms with van der Waals surface area (Å²) < 4.78 is 29.8. The third-order valence-electron chi connectivity index (χ3n) is 6.20. The minimum absolute atomic E-state index is 0.118. The number of nitrogens with zero attached hydrogens (tertiary/aromatic N) is 1. The highest BCUT2D eigenvalue weighted by Gasteiger charge is 2.23. The van der Waals surface area contributed by atoms with Crippen LogP contribution >= 0.6 is 0 Å². The lowest BCUT2D eigenvalue weighted by Crippen LogP contribution is -2.17. The number of hydrogen-bond donors (Lipinski definition) is 1. The first-order chi connectivity index (χ1) is 15.9. The van der Waals surface area contributed by atoms with E-state index in [0.29, 0.717) is 16.1 Å². The van der Waals surface area contributed by atoms with Gasteiger partial charge in [0.15, 0.2) is 0 Å². The van der Waals surface area contributed by atoms with Crippen LogP contribution in [-0.2, 0) is 16.4 Å². The van der Waals surface area contributed by atoms with Gasteiger partial charge in [0.25, 0.3) is 10.0 Å². The average Bonchev–Trinajstić information content (AvgIpc) is 2.80. The number of aromatic nitrogens is 1. The second kappa shape index (κ2) is 12.2. The Hall–Kier alpha value is -2.40. The molecule has 0 aliphatic carbocycles. The lowest BCUT2D eigenvalue weighted by Gasteiger charge is -2.19. The number of sulfonamides is 1. The highest BCUT2D eigenvalue weighted by atomic mass is 32.2. The van der Waals surface area contributed by atoms with Crippen LogP contribution in [0, 0.1) is 0 Å². The SMILES string of the molecule is CCCCCCCCCCc1cccc(S(=O)(=O)Nc2cccc3cccnc23)c1C(C)C. The normalized spacial score (nSPS) is 11.9. The molecule has 0 spiro atoms. The van der Waals surface area contributed by atoms with E-state index in [1.54, 1.807) is 18.3 Å².